The largest absolute Gasteiger partial charge is 0.326 e. The summed E-state index contributed by atoms with van der Waals surface area (Å²) in [6.07, 6.45) is 4.16. The summed E-state index contributed by atoms with van der Waals surface area (Å²) in [5, 5.41) is 3.33. The number of aromatic nitrogens is 1. The molecular formula is C16H22N2S. The van der Waals surface area contributed by atoms with Crippen molar-refractivity contribution in [1.29, 1.82) is 0 Å². The molecule has 2 nitrogen and oxygen atoms in total. The molecule has 0 fully saturated rings. The molecule has 3 heteroatoms. The second-order valence-corrected chi connectivity index (χ2v) is 6.01. The van der Waals surface area contributed by atoms with Gasteiger partial charge in [0.15, 0.2) is 0 Å². The second-order valence-electron chi connectivity index (χ2n) is 5.09. The van der Waals surface area contributed by atoms with Crippen molar-refractivity contribution in [2.45, 2.75) is 39.2 Å². The summed E-state index contributed by atoms with van der Waals surface area (Å²) in [7, 11) is 0. The average molecular weight is 274 g/mol. The average Bonchev–Trinajstić information content (AvgIpc) is 2.98. The molecule has 1 heterocycles. The molecule has 19 heavy (non-hydrogen) atoms. The van der Waals surface area contributed by atoms with Crippen LogP contribution in [0.1, 0.15) is 42.3 Å². The molecule has 1 aromatic carbocycles. The third kappa shape index (κ3) is 3.64. The van der Waals surface area contributed by atoms with Crippen LogP contribution in [0, 0.1) is 5.92 Å². The maximum absolute atomic E-state index is 5.64. The van der Waals surface area contributed by atoms with Gasteiger partial charge in [0.25, 0.3) is 0 Å². The van der Waals surface area contributed by atoms with Crippen LogP contribution in [0.4, 0.5) is 0 Å². The highest BCUT2D eigenvalue weighted by Gasteiger charge is 2.20. The Morgan fingerprint density at radius 2 is 1.89 bits per heavy atom. The van der Waals surface area contributed by atoms with Gasteiger partial charge in [-0.05, 0) is 23.5 Å². The van der Waals surface area contributed by atoms with Gasteiger partial charge < -0.3 is 5.73 Å². The first kappa shape index (κ1) is 14.2. The van der Waals surface area contributed by atoms with Gasteiger partial charge in [0.05, 0.1) is 5.01 Å². The molecule has 0 aliphatic rings. The quantitative estimate of drug-likeness (QED) is 0.865. The van der Waals surface area contributed by atoms with Crippen LogP contribution in [-0.4, -0.2) is 4.98 Å². The fraction of sp³-hybridized carbons (Fsp3) is 0.438. The van der Waals surface area contributed by atoms with Crippen LogP contribution >= 0.6 is 11.3 Å². The van der Waals surface area contributed by atoms with Gasteiger partial charge in [0.2, 0.25) is 0 Å². The van der Waals surface area contributed by atoms with Crippen LogP contribution < -0.4 is 5.73 Å². The van der Waals surface area contributed by atoms with Crippen molar-refractivity contribution in [3.05, 3.63) is 52.0 Å². The van der Waals surface area contributed by atoms with Gasteiger partial charge in [-0.25, -0.2) is 4.98 Å². The summed E-state index contributed by atoms with van der Waals surface area (Å²) in [5.41, 5.74) is 8.21. The highest BCUT2D eigenvalue weighted by Crippen LogP contribution is 2.31. The summed E-state index contributed by atoms with van der Waals surface area (Å²) < 4.78 is 0. The Balaban J connectivity index is 2.15. The van der Waals surface area contributed by atoms with Crippen molar-refractivity contribution in [3.8, 4) is 0 Å². The van der Waals surface area contributed by atoms with Gasteiger partial charge >= 0.3 is 0 Å². The number of nitrogens with two attached hydrogens (primary N) is 1. The fourth-order valence-electron chi connectivity index (χ4n) is 2.30. The van der Waals surface area contributed by atoms with E-state index >= 15 is 0 Å². The van der Waals surface area contributed by atoms with E-state index in [1.54, 1.807) is 11.3 Å². The Kier molecular flexibility index (Phi) is 5.11. The number of nitrogens with zero attached hydrogens (tertiary/aromatic N) is 1. The van der Waals surface area contributed by atoms with Crippen LogP contribution in [0.3, 0.4) is 0 Å². The molecule has 2 atom stereocenters. The summed E-state index contributed by atoms with van der Waals surface area (Å²) >= 11 is 1.77. The summed E-state index contributed by atoms with van der Waals surface area (Å²) in [6.45, 7) is 5.19. The van der Waals surface area contributed by atoms with Crippen molar-refractivity contribution < 1.29 is 0 Å². The lowest BCUT2D eigenvalue weighted by Crippen LogP contribution is -2.12. The smallest absolute Gasteiger partial charge is 0.0961 e. The predicted molar refractivity (Wildman–Crippen MR) is 82.3 cm³/mol. The van der Waals surface area contributed by atoms with Crippen LogP contribution in [0.5, 0.6) is 0 Å². The van der Waals surface area contributed by atoms with Crippen LogP contribution in [0.2, 0.25) is 0 Å². The first-order valence-corrected chi connectivity index (χ1v) is 7.79. The molecule has 2 aromatic rings. The predicted octanol–water partition coefficient (Wildman–Crippen LogP) is 3.97. The Morgan fingerprint density at radius 1 is 1.21 bits per heavy atom. The zero-order valence-corrected chi connectivity index (χ0v) is 12.5. The Bertz CT molecular complexity index is 476. The van der Waals surface area contributed by atoms with E-state index in [4.69, 9.17) is 5.73 Å². The molecule has 0 aliphatic carbocycles. The van der Waals surface area contributed by atoms with Crippen LogP contribution in [-0.2, 0) is 13.0 Å². The van der Waals surface area contributed by atoms with Gasteiger partial charge in [0, 0.05) is 24.0 Å². The van der Waals surface area contributed by atoms with Gasteiger partial charge in [0.1, 0.15) is 0 Å². The summed E-state index contributed by atoms with van der Waals surface area (Å²) in [4.78, 5) is 4.51. The lowest BCUT2D eigenvalue weighted by atomic mass is 9.86. The molecule has 2 rings (SSSR count). The number of thiazole rings is 1. The molecular weight excluding hydrogens is 252 g/mol. The maximum atomic E-state index is 5.64. The molecule has 0 saturated carbocycles. The zero-order chi connectivity index (χ0) is 13.7. The molecule has 2 N–H and O–H groups in total. The van der Waals surface area contributed by atoms with Crippen LogP contribution in [0.25, 0.3) is 0 Å². The number of rotatable bonds is 6. The second kappa shape index (κ2) is 6.83. The van der Waals surface area contributed by atoms with E-state index in [1.165, 1.54) is 22.6 Å². The van der Waals surface area contributed by atoms with Crippen molar-refractivity contribution in [3.63, 3.8) is 0 Å². The monoisotopic (exact) mass is 274 g/mol. The molecule has 0 amide bonds. The molecule has 2 unspecified atom stereocenters. The van der Waals surface area contributed by atoms with Crippen molar-refractivity contribution >= 4 is 11.3 Å². The minimum absolute atomic E-state index is 0.522. The lowest BCUT2D eigenvalue weighted by molar-refractivity contribution is 0.441. The van der Waals surface area contributed by atoms with E-state index < -0.39 is 0 Å². The van der Waals surface area contributed by atoms with Gasteiger partial charge in [-0.3, -0.25) is 0 Å². The molecule has 0 aliphatic heterocycles. The molecule has 0 radical (unpaired) electrons. The Labute approximate surface area is 119 Å². The Morgan fingerprint density at radius 3 is 2.42 bits per heavy atom. The fourth-order valence-corrected chi connectivity index (χ4v) is 3.17. The third-order valence-electron chi connectivity index (χ3n) is 3.81. The van der Waals surface area contributed by atoms with Crippen molar-refractivity contribution in [2.24, 2.45) is 11.7 Å². The standard InChI is InChI=1S/C16H22N2S/c1-3-12(2)15(16-18-8-9-19-16)10-13-4-6-14(11-17)7-5-13/h4-9,12,15H,3,10-11,17H2,1-2H3. The van der Waals surface area contributed by atoms with E-state index in [-0.39, 0.29) is 0 Å². The van der Waals surface area contributed by atoms with E-state index in [0.29, 0.717) is 18.4 Å². The lowest BCUT2D eigenvalue weighted by Gasteiger charge is -2.21. The third-order valence-corrected chi connectivity index (χ3v) is 4.72. The van der Waals surface area contributed by atoms with Gasteiger partial charge in [-0.2, -0.15) is 0 Å². The van der Waals surface area contributed by atoms with E-state index in [9.17, 15) is 0 Å². The number of benzene rings is 1. The zero-order valence-electron chi connectivity index (χ0n) is 11.7. The van der Waals surface area contributed by atoms with Crippen molar-refractivity contribution in [1.82, 2.24) is 4.98 Å². The van der Waals surface area contributed by atoms with Gasteiger partial charge in [-0.15, -0.1) is 11.3 Å². The van der Waals surface area contributed by atoms with Crippen LogP contribution in [0.15, 0.2) is 35.8 Å². The summed E-state index contributed by atoms with van der Waals surface area (Å²) in [6, 6.07) is 8.66. The molecule has 0 bridgehead atoms. The first-order chi connectivity index (χ1) is 9.24. The Hall–Kier alpha value is -1.19. The minimum atomic E-state index is 0.522. The number of hydrogen-bond donors (Lipinski definition) is 1. The van der Waals surface area contributed by atoms with E-state index in [0.717, 1.165) is 6.42 Å². The molecule has 102 valence electrons. The molecule has 0 saturated heterocycles. The van der Waals surface area contributed by atoms with E-state index in [1.807, 2.05) is 6.20 Å². The van der Waals surface area contributed by atoms with E-state index in [2.05, 4.69) is 48.5 Å². The first-order valence-electron chi connectivity index (χ1n) is 6.91. The minimum Gasteiger partial charge on any atom is -0.326 e. The number of hydrogen-bond acceptors (Lipinski definition) is 3. The molecule has 1 aromatic heterocycles. The highest BCUT2D eigenvalue weighted by molar-refractivity contribution is 7.09. The highest BCUT2D eigenvalue weighted by atomic mass is 32.1. The normalized spacial score (nSPS) is 14.3. The van der Waals surface area contributed by atoms with Gasteiger partial charge in [-0.1, -0.05) is 44.5 Å². The van der Waals surface area contributed by atoms with Crippen molar-refractivity contribution in [2.75, 3.05) is 0 Å². The SMILES string of the molecule is CCC(C)C(Cc1ccc(CN)cc1)c1nccs1. The molecule has 0 spiro atoms. The topological polar surface area (TPSA) is 38.9 Å². The summed E-state index contributed by atoms with van der Waals surface area (Å²) in [5.74, 6) is 1.18. The maximum Gasteiger partial charge on any atom is 0.0961 e.